The van der Waals surface area contributed by atoms with Crippen molar-refractivity contribution in [3.63, 3.8) is 0 Å². The third-order valence-electron chi connectivity index (χ3n) is 5.20. The average molecular weight is 349 g/mol. The van der Waals surface area contributed by atoms with Gasteiger partial charge in [0, 0.05) is 0 Å². The molecule has 1 aromatic carbocycles. The third-order valence-corrected chi connectivity index (χ3v) is 8.97. The van der Waals surface area contributed by atoms with Crippen LogP contribution in [-0.4, -0.2) is 13.1 Å². The summed E-state index contributed by atoms with van der Waals surface area (Å²) in [4.78, 5) is 11.4. The fourth-order valence-electron chi connectivity index (χ4n) is 3.56. The Morgan fingerprint density at radius 3 is 1.50 bits per heavy atom. The molecule has 0 radical (unpaired) electrons. The molecule has 0 aliphatic rings. The van der Waals surface area contributed by atoms with Gasteiger partial charge in [0.1, 0.15) is 0 Å². The van der Waals surface area contributed by atoms with Gasteiger partial charge in [0.2, 0.25) is 8.32 Å². The van der Waals surface area contributed by atoms with Gasteiger partial charge in [0.25, 0.3) is 0 Å². The van der Waals surface area contributed by atoms with Crippen LogP contribution in [0.4, 0.5) is 0 Å². The summed E-state index contributed by atoms with van der Waals surface area (Å²) in [5.41, 5.74) is 0. The molecule has 0 fully saturated rings. The van der Waals surface area contributed by atoms with E-state index in [2.05, 4.69) is 44.2 Å². The lowest BCUT2D eigenvalue weighted by atomic mass is 10.1. The molecule has 0 aliphatic carbocycles. The predicted octanol–water partition coefficient (Wildman–Crippen LogP) is 6.55. The van der Waals surface area contributed by atoms with Gasteiger partial charge in [-0.1, -0.05) is 121 Å². The summed E-state index contributed by atoms with van der Waals surface area (Å²) in [6, 6.07) is 12.7. The van der Waals surface area contributed by atoms with E-state index >= 15 is 0 Å². The van der Waals surface area contributed by atoms with Crippen LogP contribution in [0, 0.1) is 0 Å². The molecule has 24 heavy (non-hydrogen) atoms. The summed E-state index contributed by atoms with van der Waals surface area (Å²) < 4.78 is 0. The lowest BCUT2D eigenvalue weighted by Gasteiger charge is -2.26. The molecule has 0 unspecified atom stereocenters. The molecule has 0 heterocycles. The number of hydrogen-bond donors (Lipinski definition) is 1. The van der Waals surface area contributed by atoms with E-state index in [4.69, 9.17) is 0 Å². The van der Waals surface area contributed by atoms with E-state index in [1.54, 1.807) is 0 Å². The molecule has 2 heteroatoms. The normalized spacial score (nSPS) is 11.8. The zero-order valence-corrected chi connectivity index (χ0v) is 17.2. The van der Waals surface area contributed by atoms with Gasteiger partial charge in [-0.3, -0.25) is 0 Å². The molecule has 0 bridgehead atoms. The van der Waals surface area contributed by atoms with Crippen LogP contribution in [0.25, 0.3) is 0 Å². The van der Waals surface area contributed by atoms with Crippen molar-refractivity contribution in [1.82, 2.24) is 0 Å². The molecule has 1 nitrogen and oxygen atoms in total. The molecular weight excluding hydrogens is 308 g/mol. The first-order valence-corrected chi connectivity index (χ1v) is 12.9. The quantitative estimate of drug-likeness (QED) is 0.281. The monoisotopic (exact) mass is 348 g/mol. The molecule has 1 rings (SSSR count). The minimum absolute atomic E-state index is 1.05. The molecule has 0 aliphatic heterocycles. The van der Waals surface area contributed by atoms with Crippen molar-refractivity contribution in [2.24, 2.45) is 0 Å². The van der Waals surface area contributed by atoms with Crippen LogP contribution in [0.3, 0.4) is 0 Å². The Kier molecular flexibility index (Phi) is 12.2. The number of benzene rings is 1. The van der Waals surface area contributed by atoms with Crippen molar-refractivity contribution < 1.29 is 4.80 Å². The highest BCUT2D eigenvalue weighted by Gasteiger charge is 2.31. The fourth-order valence-corrected chi connectivity index (χ4v) is 6.87. The van der Waals surface area contributed by atoms with Crippen LogP contribution < -0.4 is 5.19 Å². The Labute approximate surface area is 152 Å². The Hall–Kier alpha value is -0.603. The summed E-state index contributed by atoms with van der Waals surface area (Å²) in [5.74, 6) is 0. The molecule has 0 saturated heterocycles. The molecule has 0 amide bonds. The largest absolute Gasteiger partial charge is 0.427 e. The zero-order valence-electron chi connectivity index (χ0n) is 16.2. The standard InChI is InChI=1S/C22H40OSi/c1-3-5-7-9-11-16-20-24(23,22-18-14-13-15-19-22)21-17-12-10-8-6-4-2/h13-15,18-19,23H,3-12,16-17,20-21H2,1-2H3. The van der Waals surface area contributed by atoms with Crippen molar-refractivity contribution in [3.8, 4) is 0 Å². The van der Waals surface area contributed by atoms with Crippen LogP contribution in [0.15, 0.2) is 30.3 Å². The van der Waals surface area contributed by atoms with Crippen LogP contribution in [-0.2, 0) is 0 Å². The molecule has 0 atom stereocenters. The highest BCUT2D eigenvalue weighted by Crippen LogP contribution is 2.21. The van der Waals surface area contributed by atoms with E-state index in [0.717, 1.165) is 12.1 Å². The van der Waals surface area contributed by atoms with Gasteiger partial charge >= 0.3 is 0 Å². The van der Waals surface area contributed by atoms with Crippen molar-refractivity contribution in [2.45, 2.75) is 103 Å². The first-order valence-electron chi connectivity index (χ1n) is 10.5. The first-order chi connectivity index (χ1) is 11.7. The maximum atomic E-state index is 11.4. The minimum Gasteiger partial charge on any atom is -0.427 e. The highest BCUT2D eigenvalue weighted by atomic mass is 28.4. The minimum atomic E-state index is -2.26. The highest BCUT2D eigenvalue weighted by molar-refractivity contribution is 6.85. The number of hydrogen-bond acceptors (Lipinski definition) is 1. The maximum Gasteiger partial charge on any atom is 0.220 e. The van der Waals surface area contributed by atoms with Crippen LogP contribution in [0.1, 0.15) is 90.9 Å². The maximum absolute atomic E-state index is 11.4. The Morgan fingerprint density at radius 1 is 0.625 bits per heavy atom. The smallest absolute Gasteiger partial charge is 0.220 e. The second kappa shape index (κ2) is 13.7. The molecule has 1 aromatic rings. The predicted molar refractivity (Wildman–Crippen MR) is 110 cm³/mol. The molecule has 0 aromatic heterocycles. The van der Waals surface area contributed by atoms with E-state index in [0.29, 0.717) is 0 Å². The van der Waals surface area contributed by atoms with Crippen molar-refractivity contribution >= 4 is 13.5 Å². The SMILES string of the molecule is CCCCCCCC[Si](O)(CCCCCCCC)c1ccccc1. The first kappa shape index (κ1) is 21.4. The molecule has 1 N–H and O–H groups in total. The van der Waals surface area contributed by atoms with E-state index in [1.165, 1.54) is 82.2 Å². The summed E-state index contributed by atoms with van der Waals surface area (Å²) in [5, 5.41) is 1.26. The summed E-state index contributed by atoms with van der Waals surface area (Å²) >= 11 is 0. The Morgan fingerprint density at radius 2 is 1.04 bits per heavy atom. The van der Waals surface area contributed by atoms with Gasteiger partial charge in [0.05, 0.1) is 0 Å². The van der Waals surface area contributed by atoms with Crippen molar-refractivity contribution in [2.75, 3.05) is 0 Å². The van der Waals surface area contributed by atoms with Gasteiger partial charge in [-0.25, -0.2) is 0 Å². The second-order valence-electron chi connectivity index (χ2n) is 7.43. The number of rotatable bonds is 15. The number of unbranched alkanes of at least 4 members (excludes halogenated alkanes) is 10. The van der Waals surface area contributed by atoms with Crippen LogP contribution in [0.2, 0.25) is 12.1 Å². The van der Waals surface area contributed by atoms with Gasteiger partial charge in [0.15, 0.2) is 0 Å². The van der Waals surface area contributed by atoms with Gasteiger partial charge in [-0.15, -0.1) is 0 Å². The lowest BCUT2D eigenvalue weighted by molar-refractivity contribution is 0.522. The Bertz CT molecular complexity index is 374. The van der Waals surface area contributed by atoms with E-state index in [-0.39, 0.29) is 0 Å². The van der Waals surface area contributed by atoms with E-state index in [1.807, 2.05) is 0 Å². The van der Waals surface area contributed by atoms with Crippen LogP contribution in [0.5, 0.6) is 0 Å². The zero-order chi connectivity index (χ0) is 17.5. The third kappa shape index (κ3) is 9.03. The summed E-state index contributed by atoms with van der Waals surface area (Å²) in [7, 11) is -2.26. The van der Waals surface area contributed by atoms with Crippen molar-refractivity contribution in [3.05, 3.63) is 30.3 Å². The van der Waals surface area contributed by atoms with Gasteiger partial charge in [-0.05, 0) is 17.3 Å². The topological polar surface area (TPSA) is 20.2 Å². The molecule has 138 valence electrons. The van der Waals surface area contributed by atoms with Crippen molar-refractivity contribution in [1.29, 1.82) is 0 Å². The van der Waals surface area contributed by atoms with E-state index in [9.17, 15) is 4.80 Å². The summed E-state index contributed by atoms with van der Waals surface area (Å²) in [6.07, 6.45) is 15.7. The van der Waals surface area contributed by atoms with Gasteiger partial charge in [-0.2, -0.15) is 0 Å². The second-order valence-corrected chi connectivity index (χ2v) is 11.1. The molecule has 0 spiro atoms. The summed E-state index contributed by atoms with van der Waals surface area (Å²) in [6.45, 7) is 4.53. The Balaban J connectivity index is 2.42. The fraction of sp³-hybridized carbons (Fsp3) is 0.727. The van der Waals surface area contributed by atoms with E-state index < -0.39 is 8.32 Å². The van der Waals surface area contributed by atoms with Gasteiger partial charge < -0.3 is 4.80 Å². The average Bonchev–Trinajstić information content (AvgIpc) is 2.62. The van der Waals surface area contributed by atoms with Crippen LogP contribution >= 0.6 is 0 Å². The molecular formula is C22H40OSi. The molecule has 0 saturated carbocycles. The lowest BCUT2D eigenvalue weighted by Crippen LogP contribution is -2.47.